The maximum Gasteiger partial charge on any atom is 0.274 e. The fraction of sp³-hybridized carbons (Fsp3) is 0.308. The molecule has 0 bridgehead atoms. The van der Waals surface area contributed by atoms with E-state index in [1.54, 1.807) is 12.3 Å². The highest BCUT2D eigenvalue weighted by Crippen LogP contribution is 2.09. The normalized spacial score (nSPS) is 10.3. The van der Waals surface area contributed by atoms with E-state index in [0.717, 1.165) is 19.3 Å². The van der Waals surface area contributed by atoms with Gasteiger partial charge in [0.15, 0.2) is 0 Å². The van der Waals surface area contributed by atoms with Gasteiger partial charge in [0, 0.05) is 12.4 Å². The topological polar surface area (TPSA) is 70.7 Å². The highest BCUT2D eigenvalue weighted by molar-refractivity contribution is 6.02. The molecule has 0 spiro atoms. The molecule has 0 saturated carbocycles. The Morgan fingerprint density at radius 3 is 2.89 bits per heavy atom. The first kappa shape index (κ1) is 12.3. The molecule has 2 N–H and O–H groups in total. The summed E-state index contributed by atoms with van der Waals surface area (Å²) < 4.78 is 0. The van der Waals surface area contributed by atoms with Gasteiger partial charge in [0.05, 0.1) is 0 Å². The predicted molar refractivity (Wildman–Crippen MR) is 69.4 cm³/mol. The van der Waals surface area contributed by atoms with Crippen molar-refractivity contribution in [2.45, 2.75) is 26.2 Å². The smallest absolute Gasteiger partial charge is 0.274 e. The molecule has 0 aromatic carbocycles. The Bertz CT molecular complexity index is 490. The minimum atomic E-state index is -0.235. The standard InChI is InChI=1S/C13H16N4O/c1-2-3-4-10-5-6-12(14-9-10)16-13(18)11-7-8-15-17-11/h5-9H,2-4H2,1H3,(H,15,17)(H,14,16,18). The van der Waals surface area contributed by atoms with Crippen molar-refractivity contribution in [1.29, 1.82) is 0 Å². The Morgan fingerprint density at radius 1 is 1.39 bits per heavy atom. The van der Waals surface area contributed by atoms with Crippen LogP contribution in [0.5, 0.6) is 0 Å². The number of anilines is 1. The zero-order chi connectivity index (χ0) is 12.8. The average molecular weight is 244 g/mol. The number of pyridine rings is 1. The van der Waals surface area contributed by atoms with Crippen molar-refractivity contribution in [2.75, 3.05) is 5.32 Å². The van der Waals surface area contributed by atoms with Gasteiger partial charge in [0.1, 0.15) is 11.5 Å². The minimum Gasteiger partial charge on any atom is -0.305 e. The van der Waals surface area contributed by atoms with Crippen LogP contribution in [0.4, 0.5) is 5.82 Å². The fourth-order valence-electron chi connectivity index (χ4n) is 1.59. The summed E-state index contributed by atoms with van der Waals surface area (Å²) in [5.74, 6) is 0.316. The number of H-pyrrole nitrogens is 1. The third-order valence-corrected chi connectivity index (χ3v) is 2.63. The molecule has 0 aliphatic rings. The Labute approximate surface area is 106 Å². The maximum atomic E-state index is 11.7. The number of unbranched alkanes of at least 4 members (excludes halogenated alkanes) is 1. The van der Waals surface area contributed by atoms with Crippen molar-refractivity contribution in [2.24, 2.45) is 0 Å². The molecule has 2 heterocycles. The van der Waals surface area contributed by atoms with Crippen LogP contribution in [0.25, 0.3) is 0 Å². The van der Waals surface area contributed by atoms with E-state index in [9.17, 15) is 4.79 Å². The van der Waals surface area contributed by atoms with E-state index in [-0.39, 0.29) is 5.91 Å². The second kappa shape index (κ2) is 5.95. The molecule has 0 atom stereocenters. The Balaban J connectivity index is 1.96. The third-order valence-electron chi connectivity index (χ3n) is 2.63. The maximum absolute atomic E-state index is 11.7. The van der Waals surface area contributed by atoms with E-state index in [4.69, 9.17) is 0 Å². The van der Waals surface area contributed by atoms with Crippen LogP contribution in [0.1, 0.15) is 35.8 Å². The summed E-state index contributed by atoms with van der Waals surface area (Å²) in [4.78, 5) is 15.9. The Kier molecular flexibility index (Phi) is 4.06. The molecule has 0 saturated heterocycles. The molecule has 0 aliphatic carbocycles. The van der Waals surface area contributed by atoms with E-state index < -0.39 is 0 Å². The number of hydrogen-bond donors (Lipinski definition) is 2. The Hall–Kier alpha value is -2.17. The van der Waals surface area contributed by atoms with Gasteiger partial charge >= 0.3 is 0 Å². The summed E-state index contributed by atoms with van der Waals surface area (Å²) in [6.07, 6.45) is 6.69. The second-order valence-electron chi connectivity index (χ2n) is 4.08. The van der Waals surface area contributed by atoms with Crippen LogP contribution in [0.3, 0.4) is 0 Å². The quantitative estimate of drug-likeness (QED) is 0.848. The number of carbonyl (C=O) groups is 1. The summed E-state index contributed by atoms with van der Waals surface area (Å²) >= 11 is 0. The lowest BCUT2D eigenvalue weighted by Crippen LogP contribution is -2.13. The molecule has 2 aromatic rings. The van der Waals surface area contributed by atoms with Gasteiger partial charge in [-0.25, -0.2) is 4.98 Å². The number of hydrogen-bond acceptors (Lipinski definition) is 3. The van der Waals surface area contributed by atoms with E-state index in [1.165, 1.54) is 11.8 Å². The molecule has 2 aromatic heterocycles. The van der Waals surface area contributed by atoms with Crippen LogP contribution < -0.4 is 5.32 Å². The van der Waals surface area contributed by atoms with Gasteiger partial charge in [-0.05, 0) is 30.5 Å². The van der Waals surface area contributed by atoms with E-state index in [2.05, 4.69) is 27.4 Å². The van der Waals surface area contributed by atoms with Gasteiger partial charge in [-0.15, -0.1) is 0 Å². The van der Waals surface area contributed by atoms with Gasteiger partial charge in [0.2, 0.25) is 0 Å². The van der Waals surface area contributed by atoms with Crippen LogP contribution in [0, 0.1) is 0 Å². The average Bonchev–Trinajstić information content (AvgIpc) is 2.92. The van der Waals surface area contributed by atoms with Crippen molar-refractivity contribution < 1.29 is 4.79 Å². The van der Waals surface area contributed by atoms with Crippen molar-refractivity contribution in [3.8, 4) is 0 Å². The summed E-state index contributed by atoms with van der Waals surface area (Å²) in [7, 11) is 0. The van der Waals surface area contributed by atoms with Crippen LogP contribution in [-0.4, -0.2) is 21.1 Å². The summed E-state index contributed by atoms with van der Waals surface area (Å²) in [5.41, 5.74) is 1.61. The molecule has 5 nitrogen and oxygen atoms in total. The zero-order valence-corrected chi connectivity index (χ0v) is 10.3. The van der Waals surface area contributed by atoms with E-state index >= 15 is 0 Å². The number of nitrogens with one attached hydrogen (secondary N) is 2. The molecule has 2 rings (SSSR count). The first-order valence-corrected chi connectivity index (χ1v) is 6.05. The molecule has 0 radical (unpaired) electrons. The van der Waals surface area contributed by atoms with Gasteiger partial charge in [-0.3, -0.25) is 9.89 Å². The fourth-order valence-corrected chi connectivity index (χ4v) is 1.59. The molecule has 0 fully saturated rings. The number of carbonyl (C=O) groups excluding carboxylic acids is 1. The number of aromatic nitrogens is 3. The molecule has 94 valence electrons. The second-order valence-corrected chi connectivity index (χ2v) is 4.08. The highest BCUT2D eigenvalue weighted by Gasteiger charge is 2.07. The molecular weight excluding hydrogens is 228 g/mol. The highest BCUT2D eigenvalue weighted by atomic mass is 16.2. The van der Waals surface area contributed by atoms with Crippen molar-refractivity contribution in [3.05, 3.63) is 41.9 Å². The minimum absolute atomic E-state index is 0.235. The van der Waals surface area contributed by atoms with Gasteiger partial charge in [-0.1, -0.05) is 19.4 Å². The molecule has 1 amide bonds. The molecule has 0 unspecified atom stereocenters. The summed E-state index contributed by atoms with van der Waals surface area (Å²) in [5, 5.41) is 9.04. The molecular formula is C13H16N4O. The first-order valence-electron chi connectivity index (χ1n) is 6.05. The molecule has 5 heteroatoms. The monoisotopic (exact) mass is 244 g/mol. The third kappa shape index (κ3) is 3.16. The lowest BCUT2D eigenvalue weighted by atomic mass is 10.1. The SMILES string of the molecule is CCCCc1ccc(NC(=O)c2ccn[nH]2)nc1. The Morgan fingerprint density at radius 2 is 2.28 bits per heavy atom. The molecule has 0 aliphatic heterocycles. The largest absolute Gasteiger partial charge is 0.305 e. The lowest BCUT2D eigenvalue weighted by Gasteiger charge is -2.04. The van der Waals surface area contributed by atoms with Crippen molar-refractivity contribution >= 4 is 11.7 Å². The van der Waals surface area contributed by atoms with Crippen LogP contribution in [-0.2, 0) is 6.42 Å². The van der Waals surface area contributed by atoms with Crippen LogP contribution in [0.15, 0.2) is 30.6 Å². The van der Waals surface area contributed by atoms with Crippen molar-refractivity contribution in [1.82, 2.24) is 15.2 Å². The van der Waals surface area contributed by atoms with Gasteiger partial charge in [-0.2, -0.15) is 5.10 Å². The first-order chi connectivity index (χ1) is 8.79. The number of aromatic amines is 1. The molecule has 18 heavy (non-hydrogen) atoms. The summed E-state index contributed by atoms with van der Waals surface area (Å²) in [6, 6.07) is 5.43. The zero-order valence-electron chi connectivity index (χ0n) is 10.3. The predicted octanol–water partition coefficient (Wildman–Crippen LogP) is 2.40. The number of nitrogens with zero attached hydrogens (tertiary/aromatic N) is 2. The van der Waals surface area contributed by atoms with Crippen molar-refractivity contribution in [3.63, 3.8) is 0 Å². The number of aryl methyl sites for hydroxylation is 1. The lowest BCUT2D eigenvalue weighted by molar-refractivity contribution is 0.102. The number of rotatable bonds is 5. The number of amides is 1. The summed E-state index contributed by atoms with van der Waals surface area (Å²) in [6.45, 7) is 2.16. The van der Waals surface area contributed by atoms with E-state index in [1.807, 2.05) is 12.1 Å². The van der Waals surface area contributed by atoms with E-state index in [0.29, 0.717) is 11.5 Å². The van der Waals surface area contributed by atoms with Gasteiger partial charge in [0.25, 0.3) is 5.91 Å². The van der Waals surface area contributed by atoms with Crippen LogP contribution >= 0.6 is 0 Å². The van der Waals surface area contributed by atoms with Gasteiger partial charge < -0.3 is 5.32 Å². The van der Waals surface area contributed by atoms with Crippen LogP contribution in [0.2, 0.25) is 0 Å².